The summed E-state index contributed by atoms with van der Waals surface area (Å²) in [5, 5.41) is 11.9. The summed E-state index contributed by atoms with van der Waals surface area (Å²) in [6.45, 7) is 6.78. The summed E-state index contributed by atoms with van der Waals surface area (Å²) in [5.74, 6) is -1.92. The number of aliphatic carboxylic acids is 1. The minimum Gasteiger partial charge on any atom is -0.481 e. The summed E-state index contributed by atoms with van der Waals surface area (Å²) < 4.78 is 1.91. The number of nitrogens with one attached hydrogen (secondary N) is 1. The molecule has 0 aliphatic heterocycles. The Kier molecular flexibility index (Phi) is 3.83. The molecule has 6 nitrogen and oxygen atoms in total. The van der Waals surface area contributed by atoms with Gasteiger partial charge >= 0.3 is 5.97 Å². The number of hydrogen-bond acceptors (Lipinski definition) is 3. The van der Waals surface area contributed by atoms with Crippen molar-refractivity contribution in [2.75, 3.05) is 0 Å². The lowest BCUT2D eigenvalue weighted by Gasteiger charge is -2.32. The number of carboxylic acids is 1. The minimum atomic E-state index is -0.882. The van der Waals surface area contributed by atoms with E-state index in [0.717, 1.165) is 0 Å². The average Bonchev–Trinajstić information content (AvgIpc) is 2.99. The number of carbonyl (C=O) groups excluding carboxylic acids is 1. The number of carboxylic acid groups (broad SMARTS) is 1. The highest BCUT2D eigenvalue weighted by atomic mass is 16.4. The van der Waals surface area contributed by atoms with Crippen LogP contribution in [0.2, 0.25) is 0 Å². The fourth-order valence-corrected chi connectivity index (χ4v) is 2.18. The molecule has 2 N–H and O–H groups in total. The second-order valence-electron chi connectivity index (χ2n) is 6.47. The van der Waals surface area contributed by atoms with E-state index >= 15 is 0 Å². The van der Waals surface area contributed by atoms with Gasteiger partial charge < -0.3 is 15.0 Å². The number of hydrogen-bond donors (Lipinski definition) is 2. The first-order chi connectivity index (χ1) is 9.29. The predicted molar refractivity (Wildman–Crippen MR) is 72.8 cm³/mol. The van der Waals surface area contributed by atoms with Crippen LogP contribution in [0.1, 0.15) is 27.2 Å². The third-order valence-electron chi connectivity index (χ3n) is 3.76. The van der Waals surface area contributed by atoms with Crippen LogP contribution < -0.4 is 5.32 Å². The number of carbonyl (C=O) groups is 2. The Morgan fingerprint density at radius 1 is 1.45 bits per heavy atom. The average molecular weight is 279 g/mol. The van der Waals surface area contributed by atoms with E-state index < -0.39 is 11.9 Å². The van der Waals surface area contributed by atoms with Crippen molar-refractivity contribution in [3.05, 3.63) is 18.7 Å². The molecule has 0 spiro atoms. The molecule has 0 aromatic carbocycles. The molecule has 1 amide bonds. The van der Waals surface area contributed by atoms with Gasteiger partial charge in [-0.15, -0.1) is 0 Å². The molecular formula is C14H21N3O3. The van der Waals surface area contributed by atoms with E-state index in [1.54, 1.807) is 12.5 Å². The Morgan fingerprint density at radius 3 is 2.60 bits per heavy atom. The largest absolute Gasteiger partial charge is 0.481 e. The molecule has 2 rings (SSSR count). The zero-order valence-electron chi connectivity index (χ0n) is 12.0. The van der Waals surface area contributed by atoms with Crippen LogP contribution >= 0.6 is 0 Å². The van der Waals surface area contributed by atoms with Gasteiger partial charge in [-0.25, -0.2) is 4.98 Å². The summed E-state index contributed by atoms with van der Waals surface area (Å²) in [5.41, 5.74) is -0.118. The summed E-state index contributed by atoms with van der Waals surface area (Å²) in [6.07, 6.45) is 5.70. The highest BCUT2D eigenvalue weighted by molar-refractivity contribution is 5.89. The van der Waals surface area contributed by atoms with Gasteiger partial charge in [0.25, 0.3) is 0 Å². The first-order valence-corrected chi connectivity index (χ1v) is 6.78. The number of aromatic nitrogens is 2. The molecular weight excluding hydrogens is 258 g/mol. The molecule has 1 aliphatic rings. The van der Waals surface area contributed by atoms with Gasteiger partial charge in [0.2, 0.25) is 5.91 Å². The van der Waals surface area contributed by atoms with Crippen LogP contribution in [-0.4, -0.2) is 32.6 Å². The molecule has 3 unspecified atom stereocenters. The van der Waals surface area contributed by atoms with E-state index in [4.69, 9.17) is 5.11 Å². The zero-order valence-corrected chi connectivity index (χ0v) is 12.0. The van der Waals surface area contributed by atoms with Crippen molar-refractivity contribution in [1.29, 1.82) is 0 Å². The topological polar surface area (TPSA) is 84.2 Å². The smallest absolute Gasteiger partial charge is 0.307 e. The van der Waals surface area contributed by atoms with Crippen LogP contribution in [-0.2, 0) is 16.1 Å². The molecule has 20 heavy (non-hydrogen) atoms. The summed E-state index contributed by atoms with van der Waals surface area (Å²) in [7, 11) is 0. The van der Waals surface area contributed by atoms with Crippen LogP contribution in [0.25, 0.3) is 0 Å². The van der Waals surface area contributed by atoms with E-state index in [1.165, 1.54) is 0 Å². The molecule has 0 bridgehead atoms. The molecule has 1 fully saturated rings. The van der Waals surface area contributed by atoms with Crippen LogP contribution in [0.3, 0.4) is 0 Å². The highest BCUT2D eigenvalue weighted by Crippen LogP contribution is 2.39. The maximum absolute atomic E-state index is 12.1. The summed E-state index contributed by atoms with van der Waals surface area (Å²) in [6, 6.07) is -0.0701. The van der Waals surface area contributed by atoms with Gasteiger partial charge in [-0.05, 0) is 11.8 Å². The number of amides is 1. The molecule has 1 saturated carbocycles. The Hall–Kier alpha value is -1.85. The van der Waals surface area contributed by atoms with Crippen molar-refractivity contribution in [2.24, 2.45) is 17.3 Å². The third-order valence-corrected chi connectivity index (χ3v) is 3.76. The summed E-state index contributed by atoms with van der Waals surface area (Å²) in [4.78, 5) is 26.9. The van der Waals surface area contributed by atoms with Crippen LogP contribution in [0, 0.1) is 17.3 Å². The van der Waals surface area contributed by atoms with Crippen LogP contribution in [0.15, 0.2) is 18.7 Å². The maximum atomic E-state index is 12.1. The van der Waals surface area contributed by atoms with Gasteiger partial charge in [-0.3, -0.25) is 9.59 Å². The zero-order chi connectivity index (χ0) is 14.9. The Morgan fingerprint density at radius 2 is 2.15 bits per heavy atom. The van der Waals surface area contributed by atoms with Crippen molar-refractivity contribution >= 4 is 11.9 Å². The second kappa shape index (κ2) is 5.26. The van der Waals surface area contributed by atoms with Gasteiger partial charge in [0.1, 0.15) is 0 Å². The monoisotopic (exact) mass is 279 g/mol. The first-order valence-electron chi connectivity index (χ1n) is 6.78. The lowest BCUT2D eigenvalue weighted by molar-refractivity contribution is -0.140. The van der Waals surface area contributed by atoms with Gasteiger partial charge in [0.15, 0.2) is 0 Å². The van der Waals surface area contributed by atoms with Crippen molar-refractivity contribution in [3.8, 4) is 0 Å². The Labute approximate surface area is 118 Å². The first kappa shape index (κ1) is 14.6. The molecule has 110 valence electrons. The molecule has 6 heteroatoms. The van der Waals surface area contributed by atoms with Gasteiger partial charge in [-0.1, -0.05) is 20.8 Å². The van der Waals surface area contributed by atoms with Gasteiger partial charge in [0, 0.05) is 18.9 Å². The molecule has 3 atom stereocenters. The van der Waals surface area contributed by atoms with Crippen molar-refractivity contribution < 1.29 is 14.7 Å². The van der Waals surface area contributed by atoms with Gasteiger partial charge in [-0.2, -0.15) is 0 Å². The Bertz CT molecular complexity index is 490. The minimum absolute atomic E-state index is 0.0701. The molecule has 0 radical (unpaired) electrons. The SMILES string of the molecule is CC(C)(C)C(Cn1ccnc1)NC(=O)C1CC1C(=O)O. The lowest BCUT2D eigenvalue weighted by atomic mass is 9.86. The maximum Gasteiger partial charge on any atom is 0.307 e. The van der Waals surface area contributed by atoms with E-state index in [1.807, 2.05) is 10.8 Å². The van der Waals surface area contributed by atoms with Crippen LogP contribution in [0.4, 0.5) is 0 Å². The molecule has 1 heterocycles. The highest BCUT2D eigenvalue weighted by Gasteiger charge is 2.49. The fraction of sp³-hybridized carbons (Fsp3) is 0.643. The van der Waals surface area contributed by atoms with Crippen molar-refractivity contribution in [2.45, 2.75) is 39.8 Å². The molecule has 1 aromatic heterocycles. The second-order valence-corrected chi connectivity index (χ2v) is 6.47. The van der Waals surface area contributed by atoms with Crippen molar-refractivity contribution in [1.82, 2.24) is 14.9 Å². The molecule has 0 saturated heterocycles. The van der Waals surface area contributed by atoms with Gasteiger partial charge in [0.05, 0.1) is 24.2 Å². The Balaban J connectivity index is 1.98. The predicted octanol–water partition coefficient (Wildman–Crippen LogP) is 1.13. The number of nitrogens with zero attached hydrogens (tertiary/aromatic N) is 2. The van der Waals surface area contributed by atoms with E-state index in [2.05, 4.69) is 31.1 Å². The lowest BCUT2D eigenvalue weighted by Crippen LogP contribution is -2.47. The quantitative estimate of drug-likeness (QED) is 0.846. The standard InChI is InChI=1S/C14H21N3O3/c1-14(2,3)11(7-17-5-4-15-8-17)16-12(18)9-6-10(9)13(19)20/h4-5,8-11H,6-7H2,1-3H3,(H,16,18)(H,19,20). The van der Waals surface area contributed by atoms with E-state index in [9.17, 15) is 9.59 Å². The third kappa shape index (κ3) is 3.37. The normalized spacial score (nSPS) is 23.1. The number of imidazole rings is 1. The van der Waals surface area contributed by atoms with E-state index in [0.29, 0.717) is 13.0 Å². The molecule has 1 aliphatic carbocycles. The fourth-order valence-electron chi connectivity index (χ4n) is 2.18. The summed E-state index contributed by atoms with van der Waals surface area (Å²) >= 11 is 0. The van der Waals surface area contributed by atoms with Crippen LogP contribution in [0.5, 0.6) is 0 Å². The van der Waals surface area contributed by atoms with Crippen molar-refractivity contribution in [3.63, 3.8) is 0 Å². The molecule has 1 aromatic rings. The van der Waals surface area contributed by atoms with E-state index in [-0.39, 0.29) is 23.3 Å². The number of rotatable bonds is 5.